The molecule has 1 rings (SSSR count). The minimum atomic E-state index is -0.457. The number of aliphatic hydroxyl groups is 1. The Bertz CT molecular complexity index is 322. The van der Waals surface area contributed by atoms with E-state index in [0.717, 1.165) is 16.7 Å². The lowest BCUT2D eigenvalue weighted by atomic mass is 9.90. The Hall–Kier alpha value is -0.350. The quantitative estimate of drug-likeness (QED) is 0.917. The van der Waals surface area contributed by atoms with E-state index >= 15 is 0 Å². The molecule has 3 nitrogen and oxygen atoms in total. The van der Waals surface area contributed by atoms with Crippen LogP contribution in [0.5, 0.6) is 0 Å². The molecule has 0 aromatic carbocycles. The molecule has 0 aliphatic rings. The molecule has 0 aliphatic heterocycles. The van der Waals surface area contributed by atoms with Gasteiger partial charge in [0.05, 0.1) is 22.5 Å². The molecule has 4 heteroatoms. The van der Waals surface area contributed by atoms with Gasteiger partial charge in [0.25, 0.3) is 0 Å². The van der Waals surface area contributed by atoms with Gasteiger partial charge in [-0.05, 0) is 34.7 Å². The molecule has 0 radical (unpaired) electrons. The van der Waals surface area contributed by atoms with E-state index in [1.165, 1.54) is 0 Å². The van der Waals surface area contributed by atoms with Crippen molar-refractivity contribution in [3.8, 4) is 0 Å². The zero-order valence-electron chi connectivity index (χ0n) is 9.74. The van der Waals surface area contributed by atoms with Crippen LogP contribution >= 0.6 is 15.9 Å². The summed E-state index contributed by atoms with van der Waals surface area (Å²) in [5.41, 5.74) is 0.888. The van der Waals surface area contributed by atoms with E-state index in [9.17, 15) is 5.11 Å². The SMILES string of the molecule is CCn1ncc(Br)c1C(O)C(C)C(C)C. The van der Waals surface area contributed by atoms with Crippen LogP contribution in [0.3, 0.4) is 0 Å². The number of aryl methyl sites for hydroxylation is 1. The highest BCUT2D eigenvalue weighted by atomic mass is 79.9. The van der Waals surface area contributed by atoms with Crippen LogP contribution in [0, 0.1) is 11.8 Å². The van der Waals surface area contributed by atoms with Gasteiger partial charge in [-0.3, -0.25) is 4.68 Å². The number of hydrogen-bond acceptors (Lipinski definition) is 2. The molecular formula is C11H19BrN2O. The minimum absolute atomic E-state index is 0.225. The molecule has 0 fully saturated rings. The first-order valence-electron chi connectivity index (χ1n) is 5.38. The molecule has 0 saturated carbocycles. The van der Waals surface area contributed by atoms with Crippen molar-refractivity contribution in [2.45, 2.75) is 40.3 Å². The summed E-state index contributed by atoms with van der Waals surface area (Å²) in [5.74, 6) is 0.676. The fraction of sp³-hybridized carbons (Fsp3) is 0.727. The molecule has 15 heavy (non-hydrogen) atoms. The maximum atomic E-state index is 10.3. The van der Waals surface area contributed by atoms with Crippen molar-refractivity contribution in [1.82, 2.24) is 9.78 Å². The molecular weight excluding hydrogens is 256 g/mol. The molecule has 0 amide bonds. The maximum Gasteiger partial charge on any atom is 0.0995 e. The van der Waals surface area contributed by atoms with Crippen LogP contribution < -0.4 is 0 Å². The van der Waals surface area contributed by atoms with Gasteiger partial charge in [-0.1, -0.05) is 20.8 Å². The number of halogens is 1. The van der Waals surface area contributed by atoms with Crippen molar-refractivity contribution in [1.29, 1.82) is 0 Å². The first-order chi connectivity index (χ1) is 6.99. The Kier molecular flexibility index (Phi) is 4.34. The zero-order chi connectivity index (χ0) is 11.6. The standard InChI is InChI=1S/C11H19BrN2O/c1-5-14-10(9(12)6-13-14)11(15)8(4)7(2)3/h6-8,11,15H,5H2,1-4H3. The van der Waals surface area contributed by atoms with Crippen LogP contribution in [0.15, 0.2) is 10.7 Å². The molecule has 0 saturated heterocycles. The van der Waals surface area contributed by atoms with Crippen molar-refractivity contribution < 1.29 is 5.11 Å². The first kappa shape index (κ1) is 12.7. The van der Waals surface area contributed by atoms with E-state index in [1.54, 1.807) is 6.20 Å². The van der Waals surface area contributed by atoms with E-state index < -0.39 is 6.10 Å². The van der Waals surface area contributed by atoms with Gasteiger partial charge in [-0.2, -0.15) is 5.10 Å². The number of aromatic nitrogens is 2. The van der Waals surface area contributed by atoms with Gasteiger partial charge >= 0.3 is 0 Å². The third kappa shape index (κ3) is 2.61. The molecule has 1 N–H and O–H groups in total. The van der Waals surface area contributed by atoms with Gasteiger partial charge < -0.3 is 5.11 Å². The molecule has 2 atom stereocenters. The predicted molar refractivity (Wildman–Crippen MR) is 64.6 cm³/mol. The fourth-order valence-electron chi connectivity index (χ4n) is 1.53. The van der Waals surface area contributed by atoms with Crippen molar-refractivity contribution in [2.75, 3.05) is 0 Å². The second-order valence-electron chi connectivity index (χ2n) is 4.24. The van der Waals surface area contributed by atoms with Crippen molar-refractivity contribution in [3.05, 3.63) is 16.4 Å². The Morgan fingerprint density at radius 3 is 2.53 bits per heavy atom. The summed E-state index contributed by atoms with van der Waals surface area (Å²) in [6, 6.07) is 0. The second kappa shape index (κ2) is 5.12. The topological polar surface area (TPSA) is 38.0 Å². The van der Waals surface area contributed by atoms with Crippen LogP contribution in [0.25, 0.3) is 0 Å². The second-order valence-corrected chi connectivity index (χ2v) is 5.10. The molecule has 86 valence electrons. The maximum absolute atomic E-state index is 10.3. The zero-order valence-corrected chi connectivity index (χ0v) is 11.3. The van der Waals surface area contributed by atoms with Gasteiger partial charge in [0.2, 0.25) is 0 Å². The van der Waals surface area contributed by atoms with E-state index in [2.05, 4.69) is 41.8 Å². The number of hydrogen-bond donors (Lipinski definition) is 1. The lowest BCUT2D eigenvalue weighted by molar-refractivity contribution is 0.0831. The molecule has 0 spiro atoms. The normalized spacial score (nSPS) is 15.7. The molecule has 0 aliphatic carbocycles. The summed E-state index contributed by atoms with van der Waals surface area (Å²) in [7, 11) is 0. The monoisotopic (exact) mass is 274 g/mol. The number of nitrogens with zero attached hydrogens (tertiary/aromatic N) is 2. The molecule has 0 bridgehead atoms. The highest BCUT2D eigenvalue weighted by Gasteiger charge is 2.24. The lowest BCUT2D eigenvalue weighted by Gasteiger charge is -2.23. The fourth-order valence-corrected chi connectivity index (χ4v) is 2.06. The van der Waals surface area contributed by atoms with E-state index in [4.69, 9.17) is 0 Å². The molecule has 1 heterocycles. The summed E-state index contributed by atoms with van der Waals surface area (Å²) < 4.78 is 2.73. The van der Waals surface area contributed by atoms with Crippen molar-refractivity contribution in [3.63, 3.8) is 0 Å². The summed E-state index contributed by atoms with van der Waals surface area (Å²) in [4.78, 5) is 0. The molecule has 2 unspecified atom stereocenters. The van der Waals surface area contributed by atoms with Crippen molar-refractivity contribution in [2.24, 2.45) is 11.8 Å². The Morgan fingerprint density at radius 1 is 1.47 bits per heavy atom. The van der Waals surface area contributed by atoms with E-state index in [-0.39, 0.29) is 5.92 Å². The largest absolute Gasteiger partial charge is 0.386 e. The lowest BCUT2D eigenvalue weighted by Crippen LogP contribution is -2.19. The van der Waals surface area contributed by atoms with Crippen LogP contribution in [-0.2, 0) is 6.54 Å². The van der Waals surface area contributed by atoms with Crippen molar-refractivity contribution >= 4 is 15.9 Å². The van der Waals surface area contributed by atoms with Crippen LogP contribution in [-0.4, -0.2) is 14.9 Å². The number of aliphatic hydroxyl groups excluding tert-OH is 1. The third-order valence-corrected chi connectivity index (χ3v) is 3.57. The summed E-state index contributed by atoms with van der Waals surface area (Å²) >= 11 is 3.43. The highest BCUT2D eigenvalue weighted by molar-refractivity contribution is 9.10. The van der Waals surface area contributed by atoms with Crippen LogP contribution in [0.2, 0.25) is 0 Å². The predicted octanol–water partition coefficient (Wildman–Crippen LogP) is 2.99. The summed E-state index contributed by atoms with van der Waals surface area (Å²) in [6.45, 7) is 9.11. The molecule has 1 aromatic rings. The Labute approximate surface area is 99.6 Å². The first-order valence-corrected chi connectivity index (χ1v) is 6.17. The van der Waals surface area contributed by atoms with Gasteiger partial charge in [-0.25, -0.2) is 0 Å². The Balaban J connectivity index is 2.98. The Morgan fingerprint density at radius 2 is 2.07 bits per heavy atom. The number of rotatable bonds is 4. The third-order valence-electron chi connectivity index (χ3n) is 2.96. The average molecular weight is 275 g/mol. The van der Waals surface area contributed by atoms with Gasteiger partial charge in [0.15, 0.2) is 0 Å². The van der Waals surface area contributed by atoms with Gasteiger partial charge in [0.1, 0.15) is 0 Å². The van der Waals surface area contributed by atoms with Gasteiger partial charge in [0, 0.05) is 6.54 Å². The average Bonchev–Trinajstić information content (AvgIpc) is 2.57. The smallest absolute Gasteiger partial charge is 0.0995 e. The van der Waals surface area contributed by atoms with Crippen LogP contribution in [0.4, 0.5) is 0 Å². The van der Waals surface area contributed by atoms with E-state index in [0.29, 0.717) is 5.92 Å². The van der Waals surface area contributed by atoms with Crippen LogP contribution in [0.1, 0.15) is 39.5 Å². The van der Waals surface area contributed by atoms with E-state index in [1.807, 2.05) is 11.6 Å². The summed E-state index contributed by atoms with van der Waals surface area (Å²) in [5, 5.41) is 14.5. The van der Waals surface area contributed by atoms with Gasteiger partial charge in [-0.15, -0.1) is 0 Å². The minimum Gasteiger partial charge on any atom is -0.386 e. The highest BCUT2D eigenvalue weighted by Crippen LogP contribution is 2.31. The molecule has 1 aromatic heterocycles. The summed E-state index contributed by atoms with van der Waals surface area (Å²) in [6.07, 6.45) is 1.29.